The number of nitrogens with one attached hydrogen (secondary N) is 1. The van der Waals surface area contributed by atoms with E-state index < -0.39 is 18.5 Å². The molecule has 7 heteroatoms. The standard InChI is InChI=1S/C25H21N3O4/c1-31-23-9-5-2-6-18(23)15-27-24(29)16-32-25(30)20-14-22(17-10-12-26-13-11-17)28-21-8-4-3-7-19(20)21/h2-14H,15-16H2,1H3,(H,27,29). The molecule has 0 fully saturated rings. The van der Waals surface area contributed by atoms with Gasteiger partial charge in [-0.25, -0.2) is 9.78 Å². The molecular weight excluding hydrogens is 406 g/mol. The van der Waals surface area contributed by atoms with Crippen molar-refractivity contribution in [3.63, 3.8) is 0 Å². The topological polar surface area (TPSA) is 90.4 Å². The molecular formula is C25H21N3O4. The number of benzene rings is 2. The largest absolute Gasteiger partial charge is 0.496 e. The Balaban J connectivity index is 1.48. The van der Waals surface area contributed by atoms with Gasteiger partial charge >= 0.3 is 5.97 Å². The van der Waals surface area contributed by atoms with Crippen LogP contribution in [0.1, 0.15) is 15.9 Å². The van der Waals surface area contributed by atoms with Crippen LogP contribution in [0.15, 0.2) is 79.1 Å². The average Bonchev–Trinajstić information content (AvgIpc) is 2.86. The maximum absolute atomic E-state index is 12.9. The summed E-state index contributed by atoms with van der Waals surface area (Å²) in [5.74, 6) is -0.319. The van der Waals surface area contributed by atoms with E-state index in [1.165, 1.54) is 0 Å². The highest BCUT2D eigenvalue weighted by Crippen LogP contribution is 2.25. The van der Waals surface area contributed by atoms with Crippen LogP contribution in [-0.4, -0.2) is 35.6 Å². The van der Waals surface area contributed by atoms with Gasteiger partial charge in [0, 0.05) is 35.5 Å². The third kappa shape index (κ3) is 4.73. The van der Waals surface area contributed by atoms with Gasteiger partial charge in [0.25, 0.3) is 5.91 Å². The minimum Gasteiger partial charge on any atom is -0.496 e. The lowest BCUT2D eigenvalue weighted by Crippen LogP contribution is -2.28. The van der Waals surface area contributed by atoms with Gasteiger partial charge in [-0.2, -0.15) is 0 Å². The molecule has 32 heavy (non-hydrogen) atoms. The first-order valence-corrected chi connectivity index (χ1v) is 10.0. The molecule has 0 aliphatic rings. The van der Waals surface area contributed by atoms with E-state index in [9.17, 15) is 9.59 Å². The van der Waals surface area contributed by atoms with Crippen LogP contribution in [0.3, 0.4) is 0 Å². The Morgan fingerprint density at radius 1 is 0.969 bits per heavy atom. The molecule has 0 radical (unpaired) electrons. The van der Waals surface area contributed by atoms with Gasteiger partial charge in [0.1, 0.15) is 5.75 Å². The molecule has 1 N–H and O–H groups in total. The van der Waals surface area contributed by atoms with Gasteiger partial charge in [-0.05, 0) is 30.3 Å². The van der Waals surface area contributed by atoms with Crippen molar-refractivity contribution in [2.24, 2.45) is 0 Å². The monoisotopic (exact) mass is 427 g/mol. The van der Waals surface area contributed by atoms with Crippen molar-refractivity contribution in [1.29, 1.82) is 0 Å². The first-order chi connectivity index (χ1) is 15.7. The fourth-order valence-corrected chi connectivity index (χ4v) is 3.32. The Hall–Kier alpha value is -4.26. The lowest BCUT2D eigenvalue weighted by Gasteiger charge is -2.11. The van der Waals surface area contributed by atoms with E-state index in [0.29, 0.717) is 27.9 Å². The Bertz CT molecular complexity index is 1260. The number of ether oxygens (including phenoxy) is 2. The van der Waals surface area contributed by atoms with Gasteiger partial charge in [0.2, 0.25) is 0 Å². The summed E-state index contributed by atoms with van der Waals surface area (Å²) in [4.78, 5) is 33.8. The van der Waals surface area contributed by atoms with Crippen molar-refractivity contribution < 1.29 is 19.1 Å². The Labute approximate surface area is 185 Å². The van der Waals surface area contributed by atoms with E-state index in [2.05, 4.69) is 15.3 Å². The number of amides is 1. The van der Waals surface area contributed by atoms with E-state index in [0.717, 1.165) is 11.1 Å². The molecule has 0 bridgehead atoms. The number of para-hydroxylation sites is 2. The van der Waals surface area contributed by atoms with E-state index in [1.807, 2.05) is 54.6 Å². The molecule has 0 aliphatic heterocycles. The summed E-state index contributed by atoms with van der Waals surface area (Å²) in [5.41, 5.74) is 3.29. The second-order valence-electron chi connectivity index (χ2n) is 6.97. The van der Waals surface area contributed by atoms with E-state index in [-0.39, 0.29) is 6.54 Å². The van der Waals surface area contributed by atoms with Crippen molar-refractivity contribution in [3.05, 3.63) is 90.3 Å². The lowest BCUT2D eigenvalue weighted by atomic mass is 10.0. The molecule has 160 valence electrons. The number of carbonyl (C=O) groups excluding carboxylic acids is 2. The molecule has 0 aliphatic carbocycles. The zero-order valence-corrected chi connectivity index (χ0v) is 17.4. The molecule has 7 nitrogen and oxygen atoms in total. The Kier molecular flexibility index (Phi) is 6.36. The van der Waals surface area contributed by atoms with Crippen molar-refractivity contribution in [2.45, 2.75) is 6.54 Å². The second kappa shape index (κ2) is 9.70. The number of pyridine rings is 2. The fourth-order valence-electron chi connectivity index (χ4n) is 3.32. The smallest absolute Gasteiger partial charge is 0.339 e. The number of carbonyl (C=O) groups is 2. The SMILES string of the molecule is COc1ccccc1CNC(=O)COC(=O)c1cc(-c2ccncc2)nc2ccccc12. The minimum absolute atomic E-state index is 0.269. The van der Waals surface area contributed by atoms with Crippen LogP contribution in [0.4, 0.5) is 0 Å². The molecule has 4 aromatic rings. The quantitative estimate of drug-likeness (QED) is 0.452. The molecule has 0 saturated carbocycles. The maximum Gasteiger partial charge on any atom is 0.339 e. The van der Waals surface area contributed by atoms with Gasteiger partial charge in [-0.3, -0.25) is 9.78 Å². The zero-order valence-electron chi connectivity index (χ0n) is 17.4. The van der Waals surface area contributed by atoms with Crippen molar-refractivity contribution in [1.82, 2.24) is 15.3 Å². The molecule has 4 rings (SSSR count). The highest BCUT2D eigenvalue weighted by molar-refractivity contribution is 6.05. The third-order valence-electron chi connectivity index (χ3n) is 4.92. The van der Waals surface area contributed by atoms with Crippen molar-refractivity contribution in [2.75, 3.05) is 13.7 Å². The number of fused-ring (bicyclic) bond motifs is 1. The highest BCUT2D eigenvalue weighted by Gasteiger charge is 2.16. The Morgan fingerprint density at radius 3 is 2.53 bits per heavy atom. The summed E-state index contributed by atoms with van der Waals surface area (Å²) in [6.45, 7) is -0.125. The van der Waals surface area contributed by atoms with E-state index >= 15 is 0 Å². The maximum atomic E-state index is 12.9. The summed E-state index contributed by atoms with van der Waals surface area (Å²) in [5, 5.41) is 3.40. The number of nitrogens with zero attached hydrogens (tertiary/aromatic N) is 2. The van der Waals surface area contributed by atoms with Crippen molar-refractivity contribution in [3.8, 4) is 17.0 Å². The molecule has 2 heterocycles. The molecule has 0 saturated heterocycles. The van der Waals surface area contributed by atoms with Gasteiger partial charge < -0.3 is 14.8 Å². The molecule has 2 aromatic carbocycles. The predicted molar refractivity (Wildman–Crippen MR) is 120 cm³/mol. The first-order valence-electron chi connectivity index (χ1n) is 10.0. The van der Waals surface area contributed by atoms with E-state index in [4.69, 9.17) is 9.47 Å². The van der Waals surface area contributed by atoms with Gasteiger partial charge in [-0.15, -0.1) is 0 Å². The molecule has 0 unspecified atom stereocenters. The zero-order chi connectivity index (χ0) is 22.3. The summed E-state index contributed by atoms with van der Waals surface area (Å²) >= 11 is 0. The van der Waals surface area contributed by atoms with Gasteiger partial charge in [0.05, 0.1) is 23.9 Å². The average molecular weight is 427 g/mol. The number of methoxy groups -OCH3 is 1. The molecule has 0 spiro atoms. The van der Waals surface area contributed by atoms with Crippen LogP contribution in [0, 0.1) is 0 Å². The lowest BCUT2D eigenvalue weighted by molar-refractivity contribution is -0.124. The second-order valence-corrected chi connectivity index (χ2v) is 6.97. The number of hydrogen-bond acceptors (Lipinski definition) is 6. The van der Waals surface area contributed by atoms with Crippen LogP contribution in [-0.2, 0) is 16.1 Å². The normalized spacial score (nSPS) is 10.5. The highest BCUT2D eigenvalue weighted by atomic mass is 16.5. The number of aromatic nitrogens is 2. The minimum atomic E-state index is -0.591. The van der Waals surface area contributed by atoms with Crippen LogP contribution in [0.2, 0.25) is 0 Å². The molecule has 2 aromatic heterocycles. The van der Waals surface area contributed by atoms with Gasteiger partial charge in [0.15, 0.2) is 6.61 Å². The number of rotatable bonds is 7. The van der Waals surface area contributed by atoms with E-state index in [1.54, 1.807) is 31.6 Å². The van der Waals surface area contributed by atoms with Gasteiger partial charge in [-0.1, -0.05) is 36.4 Å². The van der Waals surface area contributed by atoms with Crippen molar-refractivity contribution >= 4 is 22.8 Å². The van der Waals surface area contributed by atoms with Crippen LogP contribution in [0.5, 0.6) is 5.75 Å². The summed E-state index contributed by atoms with van der Waals surface area (Å²) in [6.07, 6.45) is 3.33. The first kappa shape index (κ1) is 21.0. The number of hydrogen-bond donors (Lipinski definition) is 1. The van der Waals surface area contributed by atoms with Crippen LogP contribution >= 0.6 is 0 Å². The number of esters is 1. The molecule has 1 amide bonds. The summed E-state index contributed by atoms with van der Waals surface area (Å²) in [7, 11) is 1.57. The van der Waals surface area contributed by atoms with Crippen LogP contribution < -0.4 is 10.1 Å². The Morgan fingerprint density at radius 2 is 1.72 bits per heavy atom. The summed E-state index contributed by atoms with van der Waals surface area (Å²) in [6, 6.07) is 20.0. The predicted octanol–water partition coefficient (Wildman–Crippen LogP) is 3.78. The van der Waals surface area contributed by atoms with Crippen LogP contribution in [0.25, 0.3) is 22.2 Å². The fraction of sp³-hybridized carbons (Fsp3) is 0.120. The third-order valence-corrected chi connectivity index (χ3v) is 4.92. The molecule has 0 atom stereocenters. The summed E-state index contributed by atoms with van der Waals surface area (Å²) < 4.78 is 10.6.